The van der Waals surface area contributed by atoms with Gasteiger partial charge in [0, 0.05) is 18.7 Å². The second-order valence-electron chi connectivity index (χ2n) is 7.27. The minimum Gasteiger partial charge on any atom is -0.454 e. The molecule has 0 atom stereocenters. The van der Waals surface area contributed by atoms with E-state index < -0.39 is 5.41 Å². The van der Waals surface area contributed by atoms with Crippen molar-refractivity contribution in [1.82, 2.24) is 9.78 Å². The number of halogens is 2. The Kier molecular flexibility index (Phi) is 4.22. The summed E-state index contributed by atoms with van der Waals surface area (Å²) in [5.41, 5.74) is 1.92. The van der Waals surface area contributed by atoms with Gasteiger partial charge in [-0.1, -0.05) is 35.3 Å². The highest BCUT2D eigenvalue weighted by Gasteiger charge is 2.52. The first-order valence-electron chi connectivity index (χ1n) is 9.17. The number of carbonyl (C=O) groups is 1. The number of anilines is 1. The highest BCUT2D eigenvalue weighted by atomic mass is 35.5. The standard InChI is InChI=1S/C21H17Cl2N3O3/c1-26-19(10-16(25-26)12-2-4-14(22)15(23)8-12)24-20(27)21(6-7-21)13-3-5-17-18(9-13)29-11-28-17/h2-5,8-10H,6-7,11H2,1H3,(H,24,27). The van der Waals surface area contributed by atoms with E-state index in [4.69, 9.17) is 32.7 Å². The van der Waals surface area contributed by atoms with E-state index in [0.29, 0.717) is 33.1 Å². The highest BCUT2D eigenvalue weighted by Crippen LogP contribution is 2.51. The molecular weight excluding hydrogens is 413 g/mol. The molecule has 0 bridgehead atoms. The second kappa shape index (κ2) is 6.68. The predicted octanol–water partition coefficient (Wildman–Crippen LogP) is 4.79. The van der Waals surface area contributed by atoms with Crippen molar-refractivity contribution in [2.24, 2.45) is 7.05 Å². The van der Waals surface area contributed by atoms with Gasteiger partial charge in [-0.2, -0.15) is 5.10 Å². The maximum Gasteiger partial charge on any atom is 0.236 e. The monoisotopic (exact) mass is 429 g/mol. The van der Waals surface area contributed by atoms with Crippen LogP contribution in [0.3, 0.4) is 0 Å². The molecule has 0 unspecified atom stereocenters. The maximum absolute atomic E-state index is 13.1. The maximum atomic E-state index is 13.1. The molecule has 1 saturated carbocycles. The molecule has 1 aromatic heterocycles. The molecule has 1 N–H and O–H groups in total. The number of fused-ring (bicyclic) bond motifs is 1. The van der Waals surface area contributed by atoms with E-state index in [9.17, 15) is 4.79 Å². The summed E-state index contributed by atoms with van der Waals surface area (Å²) in [4.78, 5) is 13.1. The SMILES string of the molecule is Cn1nc(-c2ccc(Cl)c(Cl)c2)cc1NC(=O)C1(c2ccc3c(c2)OCO3)CC1. The largest absolute Gasteiger partial charge is 0.454 e. The van der Waals surface area contributed by atoms with Crippen molar-refractivity contribution < 1.29 is 14.3 Å². The number of hydrogen-bond acceptors (Lipinski definition) is 4. The van der Waals surface area contributed by atoms with E-state index >= 15 is 0 Å². The minimum absolute atomic E-state index is 0.0555. The number of amides is 1. The van der Waals surface area contributed by atoms with Crippen molar-refractivity contribution >= 4 is 34.9 Å². The van der Waals surface area contributed by atoms with Crippen LogP contribution in [0, 0.1) is 0 Å². The van der Waals surface area contributed by atoms with E-state index in [1.165, 1.54) is 0 Å². The molecule has 5 rings (SSSR count). The summed E-state index contributed by atoms with van der Waals surface area (Å²) in [6.45, 7) is 0.213. The molecule has 148 valence electrons. The average Bonchev–Trinajstić information content (AvgIpc) is 3.26. The Bertz CT molecular complexity index is 1140. The van der Waals surface area contributed by atoms with E-state index in [0.717, 1.165) is 24.0 Å². The number of nitrogens with zero attached hydrogens (tertiary/aromatic N) is 2. The number of nitrogens with one attached hydrogen (secondary N) is 1. The molecule has 0 saturated heterocycles. The van der Waals surface area contributed by atoms with Gasteiger partial charge >= 0.3 is 0 Å². The number of carbonyl (C=O) groups excluding carboxylic acids is 1. The summed E-state index contributed by atoms with van der Waals surface area (Å²) in [6, 6.07) is 12.9. The Morgan fingerprint density at radius 1 is 1.07 bits per heavy atom. The first-order valence-corrected chi connectivity index (χ1v) is 9.93. The number of aromatic nitrogens is 2. The lowest BCUT2D eigenvalue weighted by atomic mass is 9.94. The molecule has 0 radical (unpaired) electrons. The van der Waals surface area contributed by atoms with E-state index in [-0.39, 0.29) is 12.7 Å². The third-order valence-corrected chi connectivity index (χ3v) is 6.19. The van der Waals surface area contributed by atoms with Crippen LogP contribution >= 0.6 is 23.2 Å². The summed E-state index contributed by atoms with van der Waals surface area (Å²) in [6.07, 6.45) is 1.58. The fourth-order valence-electron chi connectivity index (χ4n) is 3.58. The topological polar surface area (TPSA) is 65.4 Å². The third kappa shape index (κ3) is 3.12. The Morgan fingerprint density at radius 3 is 2.62 bits per heavy atom. The predicted molar refractivity (Wildman–Crippen MR) is 111 cm³/mol. The zero-order valence-corrected chi connectivity index (χ0v) is 17.0. The van der Waals surface area contributed by atoms with Crippen LogP contribution in [0.15, 0.2) is 42.5 Å². The van der Waals surface area contributed by atoms with Gasteiger partial charge in [-0.15, -0.1) is 0 Å². The molecule has 1 fully saturated rings. The smallest absolute Gasteiger partial charge is 0.236 e. The lowest BCUT2D eigenvalue weighted by molar-refractivity contribution is -0.118. The highest BCUT2D eigenvalue weighted by molar-refractivity contribution is 6.42. The van der Waals surface area contributed by atoms with Gasteiger partial charge in [-0.25, -0.2) is 0 Å². The van der Waals surface area contributed by atoms with Crippen molar-refractivity contribution in [2.75, 3.05) is 12.1 Å². The second-order valence-corrected chi connectivity index (χ2v) is 8.09. The lowest BCUT2D eigenvalue weighted by Crippen LogP contribution is -2.28. The van der Waals surface area contributed by atoms with Crippen LogP contribution in [0.4, 0.5) is 5.82 Å². The van der Waals surface area contributed by atoms with Crippen molar-refractivity contribution in [3.05, 3.63) is 58.1 Å². The first kappa shape index (κ1) is 18.3. The number of rotatable bonds is 4. The molecule has 1 aliphatic heterocycles. The normalized spacial score (nSPS) is 16.0. The molecule has 1 amide bonds. The molecule has 2 aliphatic rings. The van der Waals surface area contributed by atoms with E-state index in [2.05, 4.69) is 10.4 Å². The summed E-state index contributed by atoms with van der Waals surface area (Å²) in [5.74, 6) is 1.95. The quantitative estimate of drug-likeness (QED) is 0.646. The summed E-state index contributed by atoms with van der Waals surface area (Å²) in [5, 5.41) is 8.46. The first-order chi connectivity index (χ1) is 14.0. The van der Waals surface area contributed by atoms with Crippen LogP contribution in [0.5, 0.6) is 11.5 Å². The Labute approximate surface area is 177 Å². The van der Waals surface area contributed by atoms with Crippen molar-refractivity contribution in [3.8, 4) is 22.8 Å². The van der Waals surface area contributed by atoms with Crippen LogP contribution in [0.1, 0.15) is 18.4 Å². The van der Waals surface area contributed by atoms with Gasteiger partial charge in [-0.05, 0) is 42.7 Å². The summed E-state index contributed by atoms with van der Waals surface area (Å²) in [7, 11) is 1.79. The zero-order chi connectivity index (χ0) is 20.2. The van der Waals surface area contributed by atoms with Crippen LogP contribution in [-0.4, -0.2) is 22.5 Å². The number of hydrogen-bond donors (Lipinski definition) is 1. The lowest BCUT2D eigenvalue weighted by Gasteiger charge is -2.16. The average molecular weight is 430 g/mol. The fourth-order valence-corrected chi connectivity index (χ4v) is 3.88. The van der Waals surface area contributed by atoms with Crippen molar-refractivity contribution in [2.45, 2.75) is 18.3 Å². The van der Waals surface area contributed by atoms with Gasteiger partial charge < -0.3 is 14.8 Å². The number of ether oxygens (including phenoxy) is 2. The molecule has 8 heteroatoms. The minimum atomic E-state index is -0.547. The van der Waals surface area contributed by atoms with Gasteiger partial charge in [0.15, 0.2) is 11.5 Å². The molecular formula is C21H17Cl2N3O3. The molecule has 2 aromatic carbocycles. The van der Waals surface area contributed by atoms with Gasteiger partial charge in [-0.3, -0.25) is 9.48 Å². The Balaban J connectivity index is 1.40. The van der Waals surface area contributed by atoms with Gasteiger partial charge in [0.1, 0.15) is 5.82 Å². The zero-order valence-electron chi connectivity index (χ0n) is 15.5. The Morgan fingerprint density at radius 2 is 1.86 bits per heavy atom. The molecule has 6 nitrogen and oxygen atoms in total. The molecule has 3 aromatic rings. The van der Waals surface area contributed by atoms with Crippen LogP contribution in [0.2, 0.25) is 10.0 Å². The van der Waals surface area contributed by atoms with Crippen LogP contribution in [0.25, 0.3) is 11.3 Å². The third-order valence-electron chi connectivity index (χ3n) is 5.45. The molecule has 0 spiro atoms. The molecule has 1 aliphatic carbocycles. The van der Waals surface area contributed by atoms with Gasteiger partial charge in [0.05, 0.1) is 21.2 Å². The van der Waals surface area contributed by atoms with E-state index in [1.807, 2.05) is 30.3 Å². The fraction of sp³-hybridized carbons (Fsp3) is 0.238. The van der Waals surface area contributed by atoms with Crippen molar-refractivity contribution in [3.63, 3.8) is 0 Å². The number of aryl methyl sites for hydroxylation is 1. The van der Waals surface area contributed by atoms with Gasteiger partial charge in [0.2, 0.25) is 12.7 Å². The Hall–Kier alpha value is -2.70. The number of benzene rings is 2. The molecule has 29 heavy (non-hydrogen) atoms. The molecule has 2 heterocycles. The van der Waals surface area contributed by atoms with Crippen LogP contribution in [-0.2, 0) is 17.3 Å². The van der Waals surface area contributed by atoms with E-state index in [1.54, 1.807) is 23.9 Å². The van der Waals surface area contributed by atoms with Crippen LogP contribution < -0.4 is 14.8 Å². The van der Waals surface area contributed by atoms with Gasteiger partial charge in [0.25, 0.3) is 0 Å². The summed E-state index contributed by atoms with van der Waals surface area (Å²) < 4.78 is 12.5. The van der Waals surface area contributed by atoms with Crippen molar-refractivity contribution in [1.29, 1.82) is 0 Å². The summed E-state index contributed by atoms with van der Waals surface area (Å²) >= 11 is 12.1.